The second-order valence-electron chi connectivity index (χ2n) is 3.04. The molecule has 0 aromatic carbocycles. The van der Waals surface area contributed by atoms with Crippen LogP contribution < -0.4 is 0 Å². The van der Waals surface area contributed by atoms with Gasteiger partial charge >= 0.3 is 0 Å². The lowest BCUT2D eigenvalue weighted by Gasteiger charge is -1.96. The summed E-state index contributed by atoms with van der Waals surface area (Å²) in [5, 5.41) is 7.59. The first-order valence-electron chi connectivity index (χ1n) is 4.29. The van der Waals surface area contributed by atoms with E-state index in [1.807, 2.05) is 6.20 Å². The van der Waals surface area contributed by atoms with Gasteiger partial charge in [0.2, 0.25) is 0 Å². The highest BCUT2D eigenvalue weighted by atomic mass is 32.1. The van der Waals surface area contributed by atoms with Gasteiger partial charge in [-0.2, -0.15) is 11.3 Å². The van der Waals surface area contributed by atoms with E-state index in [-0.39, 0.29) is 0 Å². The molecule has 3 heterocycles. The summed E-state index contributed by atoms with van der Waals surface area (Å²) in [5.74, 6) is 0. The molecule has 0 atom stereocenters. The summed E-state index contributed by atoms with van der Waals surface area (Å²) >= 11 is 3.44. The van der Waals surface area contributed by atoms with Crippen molar-refractivity contribution in [2.24, 2.45) is 0 Å². The highest BCUT2D eigenvalue weighted by molar-refractivity contribution is 7.17. The van der Waals surface area contributed by atoms with Crippen molar-refractivity contribution in [3.63, 3.8) is 0 Å². The quantitative estimate of drug-likeness (QED) is 0.600. The van der Waals surface area contributed by atoms with Gasteiger partial charge in [0.1, 0.15) is 0 Å². The zero-order chi connectivity index (χ0) is 9.38. The highest BCUT2D eigenvalue weighted by Gasteiger charge is 2.01. The average molecular weight is 217 g/mol. The van der Waals surface area contributed by atoms with Crippen LogP contribution in [0.3, 0.4) is 0 Å². The van der Waals surface area contributed by atoms with E-state index in [0.717, 1.165) is 5.69 Å². The topological polar surface area (TPSA) is 12.9 Å². The Labute approximate surface area is 89.7 Å². The summed E-state index contributed by atoms with van der Waals surface area (Å²) in [5.41, 5.74) is 2.28. The molecule has 0 aliphatic heterocycles. The third-order valence-electron chi connectivity index (χ3n) is 2.16. The maximum Gasteiger partial charge on any atom is 0.0717 e. The number of hydrogen-bond acceptors (Lipinski definition) is 3. The van der Waals surface area contributed by atoms with Crippen LogP contribution in [-0.2, 0) is 0 Å². The molecule has 3 rings (SSSR count). The van der Waals surface area contributed by atoms with Gasteiger partial charge in [0.05, 0.1) is 10.4 Å². The Kier molecular flexibility index (Phi) is 1.85. The Morgan fingerprint density at radius 3 is 3.00 bits per heavy atom. The lowest BCUT2D eigenvalue weighted by Crippen LogP contribution is -1.78. The molecule has 0 amide bonds. The van der Waals surface area contributed by atoms with Gasteiger partial charge in [-0.05, 0) is 34.3 Å². The number of thiophene rings is 2. The van der Waals surface area contributed by atoms with Gasteiger partial charge in [-0.15, -0.1) is 11.3 Å². The molecule has 0 radical (unpaired) electrons. The first-order chi connectivity index (χ1) is 6.93. The minimum absolute atomic E-state index is 1.07. The molecule has 0 fully saturated rings. The van der Waals surface area contributed by atoms with Crippen LogP contribution in [0.25, 0.3) is 21.3 Å². The van der Waals surface area contributed by atoms with Crippen LogP contribution in [0.15, 0.2) is 40.5 Å². The van der Waals surface area contributed by atoms with Crippen LogP contribution in [0, 0.1) is 0 Å². The molecule has 0 spiro atoms. The minimum atomic E-state index is 1.07. The molecule has 0 N–H and O–H groups in total. The normalized spacial score (nSPS) is 10.9. The predicted octanol–water partition coefficient (Wildman–Crippen LogP) is 4.02. The molecule has 3 heteroatoms. The number of hydrogen-bond donors (Lipinski definition) is 0. The number of rotatable bonds is 1. The number of nitrogens with zero attached hydrogens (tertiary/aromatic N) is 1. The van der Waals surface area contributed by atoms with Gasteiger partial charge in [0.25, 0.3) is 0 Å². The lowest BCUT2D eigenvalue weighted by atomic mass is 10.2. The second kappa shape index (κ2) is 3.19. The summed E-state index contributed by atoms with van der Waals surface area (Å²) in [6.07, 6.45) is 1.95. The highest BCUT2D eigenvalue weighted by Crippen LogP contribution is 2.26. The van der Waals surface area contributed by atoms with Crippen LogP contribution in [0.4, 0.5) is 0 Å². The smallest absolute Gasteiger partial charge is 0.0717 e. The van der Waals surface area contributed by atoms with E-state index < -0.39 is 0 Å². The summed E-state index contributed by atoms with van der Waals surface area (Å²) in [6, 6.07) is 6.39. The van der Waals surface area contributed by atoms with Crippen LogP contribution in [0.2, 0.25) is 0 Å². The van der Waals surface area contributed by atoms with E-state index in [0.29, 0.717) is 0 Å². The molecule has 68 valence electrons. The molecule has 0 aliphatic rings. The van der Waals surface area contributed by atoms with Crippen molar-refractivity contribution in [2.75, 3.05) is 0 Å². The maximum atomic E-state index is 4.44. The number of pyridine rings is 1. The van der Waals surface area contributed by atoms with Gasteiger partial charge < -0.3 is 0 Å². The molecular weight excluding hydrogens is 210 g/mol. The molecule has 1 nitrogen and oxygen atoms in total. The minimum Gasteiger partial charge on any atom is -0.255 e. The van der Waals surface area contributed by atoms with Crippen LogP contribution in [0.5, 0.6) is 0 Å². The Balaban J connectivity index is 2.23. The third-order valence-corrected chi connectivity index (χ3v) is 3.71. The van der Waals surface area contributed by atoms with Crippen LogP contribution >= 0.6 is 22.7 Å². The van der Waals surface area contributed by atoms with E-state index >= 15 is 0 Å². The third kappa shape index (κ3) is 1.25. The molecule has 14 heavy (non-hydrogen) atoms. The van der Waals surface area contributed by atoms with E-state index in [2.05, 4.69) is 39.3 Å². The van der Waals surface area contributed by atoms with Gasteiger partial charge in [0, 0.05) is 17.1 Å². The summed E-state index contributed by atoms with van der Waals surface area (Å²) < 4.78 is 1.25. The fourth-order valence-corrected chi connectivity index (χ4v) is 2.82. The fraction of sp³-hybridized carbons (Fsp3) is 0. The first-order valence-corrected chi connectivity index (χ1v) is 6.11. The van der Waals surface area contributed by atoms with Crippen LogP contribution in [-0.4, -0.2) is 4.98 Å². The summed E-state index contributed by atoms with van der Waals surface area (Å²) in [4.78, 5) is 4.44. The number of aromatic nitrogens is 1. The Morgan fingerprint density at radius 2 is 2.14 bits per heavy atom. The molecule has 0 bridgehead atoms. The lowest BCUT2D eigenvalue weighted by molar-refractivity contribution is 1.37. The Bertz CT molecular complexity index is 551. The van der Waals surface area contributed by atoms with Crippen molar-refractivity contribution in [3.8, 4) is 11.3 Å². The summed E-state index contributed by atoms with van der Waals surface area (Å²) in [7, 11) is 0. The van der Waals surface area contributed by atoms with E-state index in [4.69, 9.17) is 0 Å². The molecule has 3 aromatic heterocycles. The molecule has 3 aromatic rings. The van der Waals surface area contributed by atoms with Crippen molar-refractivity contribution >= 4 is 32.8 Å². The predicted molar refractivity (Wildman–Crippen MR) is 62.9 cm³/mol. The molecule has 0 saturated heterocycles. The zero-order valence-corrected chi connectivity index (χ0v) is 8.94. The zero-order valence-electron chi connectivity index (χ0n) is 7.31. The molecule has 0 unspecified atom stereocenters. The van der Waals surface area contributed by atoms with Gasteiger partial charge in [-0.1, -0.05) is 0 Å². The van der Waals surface area contributed by atoms with E-state index in [1.54, 1.807) is 22.7 Å². The van der Waals surface area contributed by atoms with Crippen molar-refractivity contribution in [1.82, 2.24) is 4.98 Å². The van der Waals surface area contributed by atoms with Gasteiger partial charge in [-0.3, -0.25) is 4.98 Å². The largest absolute Gasteiger partial charge is 0.255 e. The first kappa shape index (κ1) is 8.15. The SMILES string of the molecule is c1cc(-c2cc3ccsc3cn2)cs1. The standard InChI is InChI=1S/C11H7NS2/c1-3-13-7-9(1)10-5-8-2-4-14-11(8)6-12-10/h1-7H. The van der Waals surface area contributed by atoms with Crippen LogP contribution in [0.1, 0.15) is 0 Å². The Hall–Kier alpha value is -1.19. The van der Waals surface area contributed by atoms with Gasteiger partial charge in [-0.25, -0.2) is 0 Å². The van der Waals surface area contributed by atoms with Crippen molar-refractivity contribution in [3.05, 3.63) is 40.5 Å². The fourth-order valence-electron chi connectivity index (χ4n) is 1.44. The molecular formula is C11H7NS2. The molecule has 0 aliphatic carbocycles. The van der Waals surface area contributed by atoms with Crippen molar-refractivity contribution < 1.29 is 0 Å². The Morgan fingerprint density at radius 1 is 1.14 bits per heavy atom. The molecule has 0 saturated carbocycles. The maximum absolute atomic E-state index is 4.44. The van der Waals surface area contributed by atoms with E-state index in [9.17, 15) is 0 Å². The van der Waals surface area contributed by atoms with Gasteiger partial charge in [0.15, 0.2) is 0 Å². The monoisotopic (exact) mass is 217 g/mol. The van der Waals surface area contributed by atoms with Crippen molar-refractivity contribution in [1.29, 1.82) is 0 Å². The second-order valence-corrected chi connectivity index (χ2v) is 4.77. The van der Waals surface area contributed by atoms with E-state index in [1.165, 1.54) is 15.6 Å². The van der Waals surface area contributed by atoms with Crippen molar-refractivity contribution in [2.45, 2.75) is 0 Å². The summed E-state index contributed by atoms with van der Waals surface area (Å²) in [6.45, 7) is 0. The average Bonchev–Trinajstić information content (AvgIpc) is 2.88. The number of fused-ring (bicyclic) bond motifs is 1.